The SMILES string of the molecule is NC(=O)c1ccc(NC(=O)c2oc3ccccc3c2COc2ccccc2)cc1. The Hall–Kier alpha value is -4.06. The van der Waals surface area contributed by atoms with E-state index >= 15 is 0 Å². The summed E-state index contributed by atoms with van der Waals surface area (Å²) in [5.41, 5.74) is 7.40. The van der Waals surface area contributed by atoms with E-state index in [1.807, 2.05) is 48.5 Å². The highest BCUT2D eigenvalue weighted by molar-refractivity contribution is 6.06. The quantitative estimate of drug-likeness (QED) is 0.515. The van der Waals surface area contributed by atoms with Crippen LogP contribution >= 0.6 is 0 Å². The lowest BCUT2D eigenvalue weighted by atomic mass is 10.1. The summed E-state index contributed by atoms with van der Waals surface area (Å²) < 4.78 is 11.7. The highest BCUT2D eigenvalue weighted by atomic mass is 16.5. The molecule has 0 bridgehead atoms. The maximum atomic E-state index is 12.9. The summed E-state index contributed by atoms with van der Waals surface area (Å²) in [7, 11) is 0. The molecule has 6 nitrogen and oxygen atoms in total. The number of benzene rings is 3. The molecule has 0 saturated heterocycles. The summed E-state index contributed by atoms with van der Waals surface area (Å²) in [6.45, 7) is 0.185. The molecular formula is C23H18N2O4. The summed E-state index contributed by atoms with van der Waals surface area (Å²) in [6, 6.07) is 23.1. The first-order valence-corrected chi connectivity index (χ1v) is 9.01. The molecular weight excluding hydrogens is 368 g/mol. The number of carbonyl (C=O) groups is 2. The fraction of sp³-hybridized carbons (Fsp3) is 0.0435. The zero-order chi connectivity index (χ0) is 20.2. The molecule has 0 aliphatic heterocycles. The average Bonchev–Trinajstić information content (AvgIpc) is 3.12. The second kappa shape index (κ2) is 7.90. The van der Waals surface area contributed by atoms with Gasteiger partial charge in [-0.25, -0.2) is 0 Å². The molecule has 4 aromatic rings. The standard InChI is InChI=1S/C23H18N2O4/c24-22(26)15-10-12-16(13-11-15)25-23(27)21-19(14-28-17-6-2-1-3-7-17)18-8-4-5-9-20(18)29-21/h1-13H,14H2,(H2,24,26)(H,25,27). The van der Waals surface area contributed by atoms with Gasteiger partial charge in [-0.1, -0.05) is 36.4 Å². The Balaban J connectivity index is 1.61. The summed E-state index contributed by atoms with van der Waals surface area (Å²) in [6.07, 6.45) is 0. The van der Waals surface area contributed by atoms with Crippen molar-refractivity contribution in [3.05, 3.63) is 95.7 Å². The fourth-order valence-corrected chi connectivity index (χ4v) is 3.00. The third-order valence-electron chi connectivity index (χ3n) is 4.46. The van der Waals surface area contributed by atoms with Gasteiger partial charge in [-0.3, -0.25) is 9.59 Å². The topological polar surface area (TPSA) is 94.6 Å². The normalized spacial score (nSPS) is 10.6. The molecule has 0 fully saturated rings. The summed E-state index contributed by atoms with van der Waals surface area (Å²) in [5, 5.41) is 3.60. The van der Waals surface area contributed by atoms with Gasteiger partial charge in [0.05, 0.1) is 0 Å². The van der Waals surface area contributed by atoms with E-state index in [-0.39, 0.29) is 12.4 Å². The van der Waals surface area contributed by atoms with Crippen LogP contribution in [-0.2, 0) is 6.61 Å². The van der Waals surface area contributed by atoms with Crippen molar-refractivity contribution in [3.63, 3.8) is 0 Å². The highest BCUT2D eigenvalue weighted by Gasteiger charge is 2.21. The Morgan fingerprint density at radius 3 is 2.31 bits per heavy atom. The molecule has 3 N–H and O–H groups in total. The molecule has 0 saturated carbocycles. The monoisotopic (exact) mass is 386 g/mol. The molecule has 0 atom stereocenters. The molecule has 2 amide bonds. The van der Waals surface area contributed by atoms with Gasteiger partial charge in [0.25, 0.3) is 5.91 Å². The van der Waals surface area contributed by atoms with E-state index in [1.165, 1.54) is 0 Å². The van der Waals surface area contributed by atoms with Crippen LogP contribution in [0.1, 0.15) is 26.5 Å². The minimum atomic E-state index is -0.527. The van der Waals surface area contributed by atoms with Crippen molar-refractivity contribution in [1.82, 2.24) is 0 Å². The number of hydrogen-bond acceptors (Lipinski definition) is 4. The van der Waals surface area contributed by atoms with Crippen molar-refractivity contribution in [2.75, 3.05) is 5.32 Å². The van der Waals surface area contributed by atoms with Gasteiger partial charge in [0.1, 0.15) is 17.9 Å². The molecule has 0 radical (unpaired) electrons. The van der Waals surface area contributed by atoms with Crippen LogP contribution in [0.2, 0.25) is 0 Å². The number of carbonyl (C=O) groups excluding carboxylic acids is 2. The minimum Gasteiger partial charge on any atom is -0.489 e. The van der Waals surface area contributed by atoms with Crippen molar-refractivity contribution in [3.8, 4) is 5.75 Å². The van der Waals surface area contributed by atoms with Crippen LogP contribution in [0.5, 0.6) is 5.75 Å². The van der Waals surface area contributed by atoms with Gasteiger partial charge >= 0.3 is 0 Å². The first-order valence-electron chi connectivity index (χ1n) is 9.01. The molecule has 1 aromatic heterocycles. The second-order valence-electron chi connectivity index (χ2n) is 6.40. The van der Waals surface area contributed by atoms with Crippen LogP contribution in [0.3, 0.4) is 0 Å². The van der Waals surface area contributed by atoms with E-state index in [9.17, 15) is 9.59 Å². The lowest BCUT2D eigenvalue weighted by Gasteiger charge is -2.08. The molecule has 6 heteroatoms. The average molecular weight is 386 g/mol. The van der Waals surface area contributed by atoms with Gasteiger partial charge in [0, 0.05) is 22.2 Å². The zero-order valence-corrected chi connectivity index (χ0v) is 15.4. The van der Waals surface area contributed by atoms with Gasteiger partial charge in [0.15, 0.2) is 5.76 Å². The van der Waals surface area contributed by atoms with Crippen LogP contribution in [-0.4, -0.2) is 11.8 Å². The molecule has 1 heterocycles. The number of anilines is 1. The number of primary amides is 1. The van der Waals surface area contributed by atoms with Gasteiger partial charge in [0.2, 0.25) is 5.91 Å². The highest BCUT2D eigenvalue weighted by Crippen LogP contribution is 2.28. The first kappa shape index (κ1) is 18.3. The number of amides is 2. The fourth-order valence-electron chi connectivity index (χ4n) is 3.00. The molecule has 144 valence electrons. The lowest BCUT2D eigenvalue weighted by molar-refractivity contribution is 0.0990. The Bertz CT molecular complexity index is 1160. The number of nitrogens with one attached hydrogen (secondary N) is 1. The lowest BCUT2D eigenvalue weighted by Crippen LogP contribution is -2.14. The van der Waals surface area contributed by atoms with Crippen molar-refractivity contribution in [2.24, 2.45) is 5.73 Å². The van der Waals surface area contributed by atoms with Crippen LogP contribution < -0.4 is 15.8 Å². The van der Waals surface area contributed by atoms with E-state index < -0.39 is 11.8 Å². The third kappa shape index (κ3) is 3.96. The van der Waals surface area contributed by atoms with Crippen LogP contribution in [0.15, 0.2) is 83.3 Å². The predicted octanol–water partition coefficient (Wildman–Crippen LogP) is 4.36. The van der Waals surface area contributed by atoms with Gasteiger partial charge in [-0.2, -0.15) is 0 Å². The van der Waals surface area contributed by atoms with Crippen molar-refractivity contribution in [1.29, 1.82) is 0 Å². The number of rotatable bonds is 6. The zero-order valence-electron chi connectivity index (χ0n) is 15.4. The first-order chi connectivity index (χ1) is 14.1. The molecule has 0 aliphatic carbocycles. The summed E-state index contributed by atoms with van der Waals surface area (Å²) >= 11 is 0. The third-order valence-corrected chi connectivity index (χ3v) is 4.46. The van der Waals surface area contributed by atoms with E-state index in [2.05, 4.69) is 5.32 Å². The number of para-hydroxylation sites is 2. The molecule has 0 aliphatic rings. The number of furan rings is 1. The van der Waals surface area contributed by atoms with Crippen molar-refractivity contribution >= 4 is 28.5 Å². The summed E-state index contributed by atoms with van der Waals surface area (Å²) in [4.78, 5) is 24.1. The van der Waals surface area contributed by atoms with Gasteiger partial charge in [-0.15, -0.1) is 0 Å². The number of fused-ring (bicyclic) bond motifs is 1. The van der Waals surface area contributed by atoms with Crippen LogP contribution in [0, 0.1) is 0 Å². The molecule has 29 heavy (non-hydrogen) atoms. The Kier molecular flexibility index (Phi) is 4.99. The Labute approximate surface area is 166 Å². The number of nitrogens with two attached hydrogens (primary N) is 1. The number of ether oxygens (including phenoxy) is 1. The van der Waals surface area contributed by atoms with E-state index in [4.69, 9.17) is 14.9 Å². The molecule has 4 rings (SSSR count). The van der Waals surface area contributed by atoms with E-state index in [0.29, 0.717) is 28.1 Å². The summed E-state index contributed by atoms with van der Waals surface area (Å²) in [5.74, 6) is -0.0486. The Morgan fingerprint density at radius 2 is 1.59 bits per heavy atom. The Morgan fingerprint density at radius 1 is 0.897 bits per heavy atom. The smallest absolute Gasteiger partial charge is 0.291 e. The van der Waals surface area contributed by atoms with Crippen molar-refractivity contribution < 1.29 is 18.7 Å². The predicted molar refractivity (Wildman–Crippen MR) is 110 cm³/mol. The molecule has 3 aromatic carbocycles. The van der Waals surface area contributed by atoms with E-state index in [1.54, 1.807) is 30.3 Å². The van der Waals surface area contributed by atoms with Gasteiger partial charge in [-0.05, 0) is 42.5 Å². The maximum absolute atomic E-state index is 12.9. The minimum absolute atomic E-state index is 0.182. The number of hydrogen-bond donors (Lipinski definition) is 2. The van der Waals surface area contributed by atoms with Crippen LogP contribution in [0.4, 0.5) is 5.69 Å². The van der Waals surface area contributed by atoms with Crippen molar-refractivity contribution in [2.45, 2.75) is 6.61 Å². The molecule has 0 spiro atoms. The van der Waals surface area contributed by atoms with E-state index in [0.717, 1.165) is 5.39 Å². The maximum Gasteiger partial charge on any atom is 0.291 e. The largest absolute Gasteiger partial charge is 0.489 e. The second-order valence-corrected chi connectivity index (χ2v) is 6.40. The van der Waals surface area contributed by atoms with Gasteiger partial charge < -0.3 is 20.2 Å². The molecule has 0 unspecified atom stereocenters. The van der Waals surface area contributed by atoms with Crippen LogP contribution in [0.25, 0.3) is 11.0 Å².